The molecular weight excluding hydrogens is 1780 g/mol. The number of nitrogens with two attached hydrogens (primary N) is 3. The number of carbonyl (C=O) groups excluding carboxylic acids is 23. The van der Waals surface area contributed by atoms with Crippen LogP contribution < -0.4 is 113 Å². The van der Waals surface area contributed by atoms with E-state index in [2.05, 4.69) is 95.7 Å². The highest BCUT2D eigenvalue weighted by atomic mass is 16.3. The highest BCUT2D eigenvalue weighted by Gasteiger charge is 2.50. The highest BCUT2D eigenvalue weighted by molar-refractivity contribution is 6.05. The van der Waals surface area contributed by atoms with E-state index in [-0.39, 0.29) is 63.5 Å². The quantitative estimate of drug-likeness (QED) is 0.0271. The Morgan fingerprint density at radius 1 is 0.331 bits per heavy atom. The SMILES string of the molecule is CC(=O)NC(C)(C)C(=O)N1CCC[C@H]1C(=O)NC(C)(C)C(=O)N[C@@H](C)C(=O)NC(C)(C)C(=O)NC(C)(C)C(=O)N[C@@H](CCC(N)=O)C(=O)NC(C)(C)C(=O)N[C@@H](CC(C)C)C(=O)NC(C)(C)C(=O)NCC(=O)NC(C)(C)C(=O)NC(C)(C)C(=O)N1CCC[C@H]1C(=O)N[C@H](C(=O)NC(C)(C)C(=O)NC(C)(C)C(=O)N[C@@H](CCC(N)=O)C(=O)N[C@@H](CCC(N)=O)C(=O)N[C@H](CO)CC(C)C)C(C)C. The van der Waals surface area contributed by atoms with E-state index in [4.69, 9.17) is 17.2 Å². The molecule has 0 spiro atoms. The minimum atomic E-state index is -1.91. The fraction of sp³-hybridized carbons (Fsp3) is 0.742. The summed E-state index contributed by atoms with van der Waals surface area (Å²) in [6.45, 7) is 38.4. The van der Waals surface area contributed by atoms with Gasteiger partial charge in [0.2, 0.25) is 136 Å². The second-order valence-corrected chi connectivity index (χ2v) is 41.5. The number of nitrogens with zero attached hydrogens (tertiary/aromatic N) is 2. The number of hydrogen-bond donors (Lipinski definition) is 22. The van der Waals surface area contributed by atoms with Gasteiger partial charge in [-0.1, -0.05) is 41.5 Å². The molecule has 25 N–H and O–H groups in total. The van der Waals surface area contributed by atoms with Crippen LogP contribution in [0.1, 0.15) is 271 Å². The Kier molecular flexibility index (Phi) is 43.2. The van der Waals surface area contributed by atoms with Gasteiger partial charge >= 0.3 is 0 Å². The Labute approximate surface area is 795 Å². The van der Waals surface area contributed by atoms with Crippen molar-refractivity contribution in [3.63, 3.8) is 0 Å². The van der Waals surface area contributed by atoms with Gasteiger partial charge in [0.25, 0.3) is 0 Å². The van der Waals surface area contributed by atoms with Crippen molar-refractivity contribution in [3.8, 4) is 0 Å². The Bertz CT molecular complexity index is 4470. The van der Waals surface area contributed by atoms with Gasteiger partial charge in [-0.15, -0.1) is 0 Å². The topological polar surface area (TPSA) is 714 Å². The molecule has 0 aromatic carbocycles. The third-order valence-electron chi connectivity index (χ3n) is 22.6. The number of aliphatic hydroxyl groups excluding tert-OH is 1. The molecule has 47 heteroatoms. The first-order valence-corrected chi connectivity index (χ1v) is 45.5. The fourth-order valence-electron chi connectivity index (χ4n) is 14.3. The van der Waals surface area contributed by atoms with Crippen molar-refractivity contribution in [3.05, 3.63) is 0 Å². The molecule has 47 nitrogen and oxygen atoms in total. The zero-order chi connectivity index (χ0) is 105. The second kappa shape index (κ2) is 49.0. The lowest BCUT2D eigenvalue weighted by atomic mass is 9.96. The number of primary amides is 3. The lowest BCUT2D eigenvalue weighted by molar-refractivity contribution is -0.146. The zero-order valence-corrected chi connectivity index (χ0v) is 84.2. The second-order valence-electron chi connectivity index (χ2n) is 41.5. The summed E-state index contributed by atoms with van der Waals surface area (Å²) >= 11 is 0. The molecule has 9 atom stereocenters. The van der Waals surface area contributed by atoms with E-state index >= 15 is 0 Å². The van der Waals surface area contributed by atoms with Crippen LogP contribution in [0.3, 0.4) is 0 Å². The maximum atomic E-state index is 14.5. The summed E-state index contributed by atoms with van der Waals surface area (Å²) in [4.78, 5) is 315. The maximum Gasteiger partial charge on any atom is 0.248 e. The van der Waals surface area contributed by atoms with E-state index in [1.807, 2.05) is 13.8 Å². The Balaban J connectivity index is 2.16. The molecule has 23 amide bonds. The van der Waals surface area contributed by atoms with Crippen LogP contribution in [0.2, 0.25) is 0 Å². The van der Waals surface area contributed by atoms with Crippen LogP contribution in [0.25, 0.3) is 0 Å². The molecule has 0 saturated carbocycles. The molecule has 0 aliphatic carbocycles. The van der Waals surface area contributed by atoms with E-state index in [0.29, 0.717) is 19.3 Å². The lowest BCUT2D eigenvalue weighted by Gasteiger charge is -2.36. The Hall–Kier alpha value is -12.2. The summed E-state index contributed by atoms with van der Waals surface area (Å²) in [7, 11) is 0. The number of amides is 23. The summed E-state index contributed by atoms with van der Waals surface area (Å²) in [6, 6.07) is -11.5. The molecule has 2 aliphatic rings. The van der Waals surface area contributed by atoms with E-state index < -0.39 is 284 Å². The summed E-state index contributed by atoms with van der Waals surface area (Å²) in [5.74, 6) is -20.3. The number of aliphatic hydroxyl groups is 1. The van der Waals surface area contributed by atoms with Gasteiger partial charge in [-0.05, 0) is 221 Å². The zero-order valence-electron chi connectivity index (χ0n) is 84.2. The molecule has 0 aromatic rings. The van der Waals surface area contributed by atoms with Crippen molar-refractivity contribution in [2.24, 2.45) is 35.0 Å². The predicted molar refractivity (Wildman–Crippen MR) is 496 cm³/mol. The molecule has 2 saturated heterocycles. The van der Waals surface area contributed by atoms with Crippen molar-refractivity contribution in [2.45, 2.75) is 381 Å². The smallest absolute Gasteiger partial charge is 0.248 e. The van der Waals surface area contributed by atoms with Gasteiger partial charge in [-0.2, -0.15) is 0 Å². The summed E-state index contributed by atoms with van der Waals surface area (Å²) in [5, 5.41) is 55.7. The van der Waals surface area contributed by atoms with Crippen molar-refractivity contribution in [1.82, 2.24) is 106 Å². The number of carbonyl (C=O) groups is 23. The molecule has 2 heterocycles. The number of hydrogen-bond acceptors (Lipinski definition) is 24. The molecule has 0 bridgehead atoms. The van der Waals surface area contributed by atoms with Gasteiger partial charge in [0.1, 0.15) is 104 Å². The van der Waals surface area contributed by atoms with E-state index in [0.717, 1.165) is 0 Å². The van der Waals surface area contributed by atoms with Crippen molar-refractivity contribution < 1.29 is 115 Å². The Morgan fingerprint density at radius 3 is 1.06 bits per heavy atom. The molecule has 768 valence electrons. The molecule has 0 unspecified atom stereocenters. The molecule has 0 aromatic heterocycles. The summed E-state index contributed by atoms with van der Waals surface area (Å²) < 4.78 is 0. The minimum Gasteiger partial charge on any atom is -0.394 e. The molecule has 0 radical (unpaired) electrons. The number of likely N-dealkylation sites (tertiary alicyclic amines) is 2. The molecule has 136 heavy (non-hydrogen) atoms. The minimum absolute atomic E-state index is 0.0253. The molecule has 2 fully saturated rings. The largest absolute Gasteiger partial charge is 0.394 e. The molecule has 2 aliphatic heterocycles. The van der Waals surface area contributed by atoms with Crippen LogP contribution in [0.5, 0.6) is 0 Å². The van der Waals surface area contributed by atoms with Gasteiger partial charge in [0.15, 0.2) is 0 Å². The standard InChI is InChI=1S/C89H153N23O24/c1-45(2)41-50(44-113)95-63(120)51(33-36-57(90)115)96-64(121)52(34-37-58(91)116)97-73(130)83(15,16)109-77(134)87(23,24)107-69(126)61(47(5)6)100-67(124)55-31-29-39-111(55)79(136)89(27,28)110-75(132)85(19,20)102-60(118)43-93-70(127)80(9,10)105-66(123)54(42-46(3)4)99-72(129)82(13,14)104-65(122)53(35-38-59(92)117)98-74(131)84(17,18)108-76(133)86(21,22)103-62(119)48(7)94-71(128)81(11,12)106-68(125)56-32-30-40-112(56)78(135)88(25,26)101-49(8)114/h45-48,50-56,61,113H,29-44H2,1-28H3,(H2,90,115)(H2,91,116)(H2,92,117)(H,93,127)(H,94,128)(H,95,120)(H,96,121)(H,97,130)(H,98,131)(H,99,129)(H,100,124)(H,101,114)(H,102,118)(H,103,119)(H,104,122)(H,105,123)(H,106,125)(H,107,126)(H,108,133)(H,109,134)(H,110,132)/t48-,50-,51-,52-,53-,54-,55-,56-,61-/m0/s1. The fourth-order valence-corrected chi connectivity index (χ4v) is 14.3. The van der Waals surface area contributed by atoms with Crippen LogP contribution in [-0.4, -0.2) is 287 Å². The summed E-state index contributed by atoms with van der Waals surface area (Å²) in [6.07, 6.45) is -0.875. The average molecular weight is 1930 g/mol. The summed E-state index contributed by atoms with van der Waals surface area (Å²) in [5.41, 5.74) is -1.53. The number of rotatable bonds is 52. The third kappa shape index (κ3) is 36.8. The Morgan fingerprint density at radius 2 is 0.654 bits per heavy atom. The van der Waals surface area contributed by atoms with Gasteiger partial charge in [0, 0.05) is 39.3 Å². The van der Waals surface area contributed by atoms with E-state index in [1.54, 1.807) is 27.7 Å². The van der Waals surface area contributed by atoms with Crippen molar-refractivity contribution in [2.75, 3.05) is 26.2 Å². The van der Waals surface area contributed by atoms with Crippen LogP contribution in [0.4, 0.5) is 0 Å². The van der Waals surface area contributed by atoms with Crippen molar-refractivity contribution >= 4 is 136 Å². The highest BCUT2D eigenvalue weighted by Crippen LogP contribution is 2.27. The predicted octanol–water partition coefficient (Wildman–Crippen LogP) is -5.00. The average Bonchev–Trinajstić information content (AvgIpc) is 1.63. The first-order valence-electron chi connectivity index (χ1n) is 45.5. The van der Waals surface area contributed by atoms with Gasteiger partial charge in [0.05, 0.1) is 19.2 Å². The monoisotopic (exact) mass is 1930 g/mol. The van der Waals surface area contributed by atoms with Crippen LogP contribution in [0, 0.1) is 17.8 Å². The van der Waals surface area contributed by atoms with E-state index in [9.17, 15) is 115 Å². The van der Waals surface area contributed by atoms with Gasteiger partial charge in [-0.25, -0.2) is 0 Å². The van der Waals surface area contributed by atoms with Crippen LogP contribution in [-0.2, 0) is 110 Å². The first-order chi connectivity index (χ1) is 61.8. The van der Waals surface area contributed by atoms with Crippen LogP contribution in [0.15, 0.2) is 0 Å². The van der Waals surface area contributed by atoms with Crippen LogP contribution >= 0.6 is 0 Å². The van der Waals surface area contributed by atoms with Gasteiger partial charge in [-0.3, -0.25) is 110 Å². The maximum absolute atomic E-state index is 14.5. The normalized spacial score (nSPS) is 16.1. The van der Waals surface area contributed by atoms with Crippen molar-refractivity contribution in [1.29, 1.82) is 0 Å². The molecular formula is C89H153N23O24. The lowest BCUT2D eigenvalue weighted by Crippen LogP contribution is -2.67. The van der Waals surface area contributed by atoms with E-state index in [1.165, 1.54) is 162 Å². The number of nitrogens with one attached hydrogen (secondary N) is 18. The first kappa shape index (κ1) is 120. The third-order valence-corrected chi connectivity index (χ3v) is 22.6. The molecule has 2 rings (SSSR count). The van der Waals surface area contributed by atoms with Gasteiger partial charge < -0.3 is 128 Å².